The van der Waals surface area contributed by atoms with E-state index in [1.807, 2.05) is 17.5 Å². The fraction of sp³-hybridized carbons (Fsp3) is 0.235. The van der Waals surface area contributed by atoms with E-state index >= 15 is 0 Å². The van der Waals surface area contributed by atoms with E-state index in [9.17, 15) is 18.3 Å². The number of aromatic hydroxyl groups is 1. The Labute approximate surface area is 176 Å². The van der Waals surface area contributed by atoms with E-state index < -0.39 is 15.9 Å². The third kappa shape index (κ3) is 4.56. The molecule has 12 heteroatoms. The van der Waals surface area contributed by atoms with Gasteiger partial charge in [-0.1, -0.05) is 6.07 Å². The molecule has 0 saturated carbocycles. The number of anilines is 1. The van der Waals surface area contributed by atoms with Gasteiger partial charge in [0.1, 0.15) is 5.75 Å². The molecule has 3 aromatic rings. The van der Waals surface area contributed by atoms with Crippen LogP contribution in [-0.4, -0.2) is 52.6 Å². The van der Waals surface area contributed by atoms with Crippen molar-refractivity contribution in [1.29, 1.82) is 0 Å². The predicted molar refractivity (Wildman–Crippen MR) is 113 cm³/mol. The van der Waals surface area contributed by atoms with Gasteiger partial charge in [0.2, 0.25) is 15.9 Å². The van der Waals surface area contributed by atoms with Gasteiger partial charge in [0.15, 0.2) is 10.6 Å². The van der Waals surface area contributed by atoms with Crippen molar-refractivity contribution in [1.82, 2.24) is 19.1 Å². The Balaban J connectivity index is 1.75. The molecule has 0 atom stereocenters. The number of nitrogens with zero attached hydrogens (tertiary/aromatic N) is 3. The molecule has 0 saturated heterocycles. The van der Waals surface area contributed by atoms with Gasteiger partial charge >= 0.3 is 0 Å². The lowest BCUT2D eigenvalue weighted by atomic mass is 10.2. The second-order valence-electron chi connectivity index (χ2n) is 6.25. The number of nitrogens with one attached hydrogen (secondary N) is 2. The average Bonchev–Trinajstić information content (AvgIpc) is 3.31. The first-order chi connectivity index (χ1) is 13.7. The Morgan fingerprint density at radius 1 is 1.38 bits per heavy atom. The number of phenolic OH excluding ortho intramolecular Hbond substituents is 1. The molecule has 9 nitrogen and oxygen atoms in total. The van der Waals surface area contributed by atoms with Crippen LogP contribution in [0.25, 0.3) is 10.7 Å². The molecular weight excluding hydrogens is 434 g/mol. The molecule has 0 fully saturated rings. The molecule has 2 aromatic heterocycles. The smallest absolute Gasteiger partial charge is 0.242 e. The maximum atomic E-state index is 12.4. The molecule has 3 rings (SSSR count). The van der Waals surface area contributed by atoms with Gasteiger partial charge < -0.3 is 10.4 Å². The van der Waals surface area contributed by atoms with E-state index in [-0.39, 0.29) is 29.3 Å². The summed E-state index contributed by atoms with van der Waals surface area (Å²) >= 11 is 6.74. The molecule has 0 aliphatic rings. The lowest BCUT2D eigenvalue weighted by Crippen LogP contribution is -2.22. The third-order valence-electron chi connectivity index (χ3n) is 4.08. The van der Waals surface area contributed by atoms with Crippen LogP contribution in [0.4, 0.5) is 5.69 Å². The largest absolute Gasteiger partial charge is 0.506 e. The number of carbonyl (C=O) groups is 1. The number of H-pyrrole nitrogens is 1. The standard InChI is InChI=1S/C17H19N5O4S3/c1-21(2)29(25,26)11-5-6-13(23)12(10-11)18-15(24)7-8-22-16(19-20-17(22)27)14-4-3-9-28-14/h3-6,9-10,23H,7-8H2,1-2H3,(H,18,24)(H,20,27). The summed E-state index contributed by atoms with van der Waals surface area (Å²) in [6, 6.07) is 7.53. The van der Waals surface area contributed by atoms with Gasteiger partial charge in [0.05, 0.1) is 15.5 Å². The van der Waals surface area contributed by atoms with Crippen molar-refractivity contribution in [3.8, 4) is 16.5 Å². The number of benzene rings is 1. The number of aromatic nitrogens is 3. The van der Waals surface area contributed by atoms with Crippen LogP contribution in [0.1, 0.15) is 6.42 Å². The summed E-state index contributed by atoms with van der Waals surface area (Å²) < 4.78 is 27.7. The van der Waals surface area contributed by atoms with Gasteiger partial charge in [-0.25, -0.2) is 12.7 Å². The number of amides is 1. The lowest BCUT2D eigenvalue weighted by molar-refractivity contribution is -0.116. The second kappa shape index (κ2) is 8.45. The zero-order valence-corrected chi connectivity index (χ0v) is 18.1. The normalized spacial score (nSPS) is 11.7. The van der Waals surface area contributed by atoms with E-state index in [0.29, 0.717) is 10.6 Å². The van der Waals surface area contributed by atoms with Gasteiger partial charge in [-0.3, -0.25) is 14.5 Å². The summed E-state index contributed by atoms with van der Waals surface area (Å²) in [5.74, 6) is 0.00917. The Morgan fingerprint density at radius 3 is 2.79 bits per heavy atom. The SMILES string of the molecule is CN(C)S(=O)(=O)c1ccc(O)c(NC(=O)CCn2c(-c3cccs3)n[nH]c2=S)c1. The van der Waals surface area contributed by atoms with Gasteiger partial charge in [-0.2, -0.15) is 5.10 Å². The maximum absolute atomic E-state index is 12.4. The van der Waals surface area contributed by atoms with Crippen molar-refractivity contribution in [2.75, 3.05) is 19.4 Å². The topological polar surface area (TPSA) is 120 Å². The lowest BCUT2D eigenvalue weighted by Gasteiger charge is -2.14. The van der Waals surface area contributed by atoms with Crippen molar-refractivity contribution in [2.24, 2.45) is 0 Å². The van der Waals surface area contributed by atoms with Crippen LogP contribution in [0.3, 0.4) is 0 Å². The van der Waals surface area contributed by atoms with Gasteiger partial charge in [0.25, 0.3) is 0 Å². The maximum Gasteiger partial charge on any atom is 0.242 e. The number of hydrogen-bond acceptors (Lipinski definition) is 7. The predicted octanol–water partition coefficient (Wildman–Crippen LogP) is 2.65. The zero-order chi connectivity index (χ0) is 21.2. The van der Waals surface area contributed by atoms with Crippen LogP contribution < -0.4 is 5.32 Å². The average molecular weight is 454 g/mol. The number of phenols is 1. The van der Waals surface area contributed by atoms with Crippen LogP contribution in [0.5, 0.6) is 5.75 Å². The molecule has 0 unspecified atom stereocenters. The fourth-order valence-electron chi connectivity index (χ4n) is 2.53. The van der Waals surface area contributed by atoms with Crippen molar-refractivity contribution in [2.45, 2.75) is 17.9 Å². The Bertz CT molecular complexity index is 1180. The summed E-state index contributed by atoms with van der Waals surface area (Å²) in [4.78, 5) is 13.3. The first-order valence-corrected chi connectivity index (χ1v) is 11.2. The van der Waals surface area contributed by atoms with Crippen LogP contribution in [-0.2, 0) is 21.4 Å². The summed E-state index contributed by atoms with van der Waals surface area (Å²) in [6.07, 6.45) is 0.0519. The minimum Gasteiger partial charge on any atom is -0.506 e. The summed E-state index contributed by atoms with van der Waals surface area (Å²) in [5.41, 5.74) is 0.0206. The molecule has 0 aliphatic heterocycles. The molecule has 3 N–H and O–H groups in total. The molecule has 0 aliphatic carbocycles. The van der Waals surface area contributed by atoms with Crippen LogP contribution in [0.15, 0.2) is 40.6 Å². The van der Waals surface area contributed by atoms with E-state index in [0.717, 1.165) is 9.18 Å². The highest BCUT2D eigenvalue weighted by atomic mass is 32.2. The highest BCUT2D eigenvalue weighted by Gasteiger charge is 2.19. The van der Waals surface area contributed by atoms with Gasteiger partial charge in [-0.05, 0) is 41.9 Å². The molecule has 1 aromatic carbocycles. The highest BCUT2D eigenvalue weighted by Crippen LogP contribution is 2.28. The van der Waals surface area contributed by atoms with Crippen molar-refractivity contribution in [3.05, 3.63) is 40.5 Å². The van der Waals surface area contributed by atoms with Crippen molar-refractivity contribution in [3.63, 3.8) is 0 Å². The Morgan fingerprint density at radius 2 is 2.14 bits per heavy atom. The van der Waals surface area contributed by atoms with Gasteiger partial charge in [0, 0.05) is 27.1 Å². The Kier molecular flexibility index (Phi) is 6.17. The Hall–Kier alpha value is -2.54. The number of aromatic amines is 1. The summed E-state index contributed by atoms with van der Waals surface area (Å²) in [5, 5.41) is 21.4. The summed E-state index contributed by atoms with van der Waals surface area (Å²) in [7, 11) is -0.888. The van der Waals surface area contributed by atoms with Crippen LogP contribution >= 0.6 is 23.6 Å². The summed E-state index contributed by atoms with van der Waals surface area (Å²) in [6.45, 7) is 0.269. The van der Waals surface area contributed by atoms with Gasteiger partial charge in [-0.15, -0.1) is 11.3 Å². The molecule has 0 spiro atoms. The number of carbonyl (C=O) groups excluding carboxylic acids is 1. The van der Waals surface area contributed by atoms with Crippen molar-refractivity contribution >= 4 is 45.2 Å². The highest BCUT2D eigenvalue weighted by molar-refractivity contribution is 7.89. The third-order valence-corrected chi connectivity index (χ3v) is 7.07. The number of hydrogen-bond donors (Lipinski definition) is 3. The molecule has 29 heavy (non-hydrogen) atoms. The first-order valence-electron chi connectivity index (χ1n) is 8.44. The first kappa shape index (κ1) is 21.2. The molecule has 0 bridgehead atoms. The van der Waals surface area contributed by atoms with E-state index in [2.05, 4.69) is 15.5 Å². The molecular formula is C17H19N5O4S3. The minimum absolute atomic E-state index is 0.0206. The van der Waals surface area contributed by atoms with E-state index in [1.165, 1.54) is 43.6 Å². The minimum atomic E-state index is -3.69. The van der Waals surface area contributed by atoms with E-state index in [4.69, 9.17) is 12.2 Å². The fourth-order valence-corrected chi connectivity index (χ4v) is 4.41. The molecule has 0 radical (unpaired) electrons. The number of sulfonamides is 1. The second-order valence-corrected chi connectivity index (χ2v) is 9.73. The number of rotatable bonds is 7. The molecule has 1 amide bonds. The quantitative estimate of drug-likeness (QED) is 0.374. The van der Waals surface area contributed by atoms with Crippen LogP contribution in [0.2, 0.25) is 0 Å². The number of thiophene rings is 1. The molecule has 2 heterocycles. The monoisotopic (exact) mass is 453 g/mol. The van der Waals surface area contributed by atoms with Crippen molar-refractivity contribution < 1.29 is 18.3 Å². The zero-order valence-electron chi connectivity index (χ0n) is 15.6. The van der Waals surface area contributed by atoms with E-state index in [1.54, 1.807) is 4.57 Å². The molecule has 154 valence electrons. The van der Waals surface area contributed by atoms with Crippen LogP contribution in [0, 0.1) is 4.77 Å².